The second-order valence-electron chi connectivity index (χ2n) is 15.3. The molecule has 0 bridgehead atoms. The summed E-state index contributed by atoms with van der Waals surface area (Å²) in [6, 6.07) is 40.4. The molecule has 0 amide bonds. The molecule has 0 N–H and O–H groups in total. The van der Waals surface area contributed by atoms with E-state index in [0.717, 1.165) is 45.5 Å². The number of ether oxygens (including phenoxy) is 4. The molecule has 0 aliphatic heterocycles. The van der Waals surface area contributed by atoms with Gasteiger partial charge < -0.3 is 23.1 Å². The third kappa shape index (κ3) is 15.9. The van der Waals surface area contributed by atoms with E-state index in [4.69, 9.17) is 23.1 Å². The molecular weight excluding hydrogens is 801 g/mol. The zero-order valence-electron chi connectivity index (χ0n) is 36.2. The molecule has 0 spiro atoms. The lowest BCUT2D eigenvalue weighted by atomic mass is 9.97. The molecule has 0 fully saturated rings. The van der Waals surface area contributed by atoms with Crippen LogP contribution in [0, 0.1) is 0 Å². The maximum Gasteiger partial charge on any atom is 0.345 e. The fourth-order valence-electron chi connectivity index (χ4n) is 6.71. The molecular formula is C50H58O9Si2. The first-order chi connectivity index (χ1) is 29.3. The van der Waals surface area contributed by atoms with Gasteiger partial charge in [-0.15, -0.1) is 0 Å². The molecule has 0 radical (unpaired) electrons. The molecule has 4 aromatic rings. The molecule has 11 heteroatoms. The van der Waals surface area contributed by atoms with Crippen LogP contribution in [0.25, 0.3) is 11.1 Å². The summed E-state index contributed by atoms with van der Waals surface area (Å²) < 4.78 is 28.5. The zero-order valence-corrected chi connectivity index (χ0v) is 38.2. The summed E-state index contributed by atoms with van der Waals surface area (Å²) in [6.45, 7) is 12.4. The summed E-state index contributed by atoms with van der Waals surface area (Å²) in [7, 11) is -4.42. The minimum absolute atomic E-state index is 0.116. The van der Waals surface area contributed by atoms with Gasteiger partial charge in [-0.1, -0.05) is 133 Å². The van der Waals surface area contributed by atoms with Gasteiger partial charge in [0.15, 0.2) is 16.6 Å². The van der Waals surface area contributed by atoms with Crippen molar-refractivity contribution in [2.45, 2.75) is 65.0 Å². The van der Waals surface area contributed by atoms with E-state index in [2.05, 4.69) is 26.2 Å². The topological polar surface area (TPSA) is 114 Å². The van der Waals surface area contributed by atoms with Crippen molar-refractivity contribution in [3.63, 3.8) is 0 Å². The Bertz CT molecular complexity index is 1920. The fraction of sp³-hybridized carbons (Fsp3) is 0.280. The van der Waals surface area contributed by atoms with Crippen molar-refractivity contribution in [1.29, 1.82) is 0 Å². The van der Waals surface area contributed by atoms with Crippen LogP contribution in [0.4, 0.5) is 0 Å². The number of benzene rings is 4. The summed E-state index contributed by atoms with van der Waals surface area (Å²) >= 11 is 0. The molecule has 0 aromatic heterocycles. The lowest BCUT2D eigenvalue weighted by Crippen LogP contribution is -2.44. The predicted octanol–water partition coefficient (Wildman–Crippen LogP) is 10.5. The third-order valence-corrected chi connectivity index (χ3v) is 17.0. The molecule has 9 nitrogen and oxygen atoms in total. The molecule has 0 aliphatic carbocycles. The van der Waals surface area contributed by atoms with Gasteiger partial charge >= 0.3 is 23.9 Å². The van der Waals surface area contributed by atoms with E-state index in [0.29, 0.717) is 12.8 Å². The van der Waals surface area contributed by atoms with E-state index in [1.807, 2.05) is 121 Å². The van der Waals surface area contributed by atoms with E-state index in [9.17, 15) is 19.2 Å². The van der Waals surface area contributed by atoms with Crippen molar-refractivity contribution in [3.8, 4) is 0 Å². The minimum atomic E-state index is -2.21. The van der Waals surface area contributed by atoms with Crippen LogP contribution in [0.5, 0.6) is 0 Å². The molecule has 0 heterocycles. The second-order valence-corrected chi connectivity index (χ2v) is 24.2. The summed E-state index contributed by atoms with van der Waals surface area (Å²) in [6.07, 6.45) is 7.57. The summed E-state index contributed by atoms with van der Waals surface area (Å²) in [5.41, 5.74) is 5.05. The summed E-state index contributed by atoms with van der Waals surface area (Å²) in [5, 5.41) is 0. The molecule has 0 saturated heterocycles. The van der Waals surface area contributed by atoms with Crippen LogP contribution in [0.1, 0.15) is 48.9 Å². The van der Waals surface area contributed by atoms with E-state index in [1.54, 1.807) is 26.0 Å². The van der Waals surface area contributed by atoms with Crippen LogP contribution >= 0.6 is 0 Å². The van der Waals surface area contributed by atoms with Gasteiger partial charge in [0.05, 0.1) is 26.4 Å². The minimum Gasteiger partial charge on any atom is -0.462 e. The van der Waals surface area contributed by atoms with Gasteiger partial charge in [0.2, 0.25) is 0 Å². The predicted molar refractivity (Wildman–Crippen MR) is 246 cm³/mol. The molecule has 61 heavy (non-hydrogen) atoms. The number of rotatable bonds is 22. The lowest BCUT2D eigenvalue weighted by Gasteiger charge is -2.34. The number of esters is 4. The lowest BCUT2D eigenvalue weighted by molar-refractivity contribution is -0.148. The summed E-state index contributed by atoms with van der Waals surface area (Å²) in [4.78, 5) is 52.4. The average Bonchev–Trinajstić information content (AvgIpc) is 3.25. The van der Waals surface area contributed by atoms with Gasteiger partial charge in [-0.3, -0.25) is 0 Å². The maximum absolute atomic E-state index is 13.3. The van der Waals surface area contributed by atoms with Gasteiger partial charge in [0.25, 0.3) is 0 Å². The highest BCUT2D eigenvalue weighted by Gasteiger charge is 2.33. The Labute approximate surface area is 363 Å². The first-order valence-corrected chi connectivity index (χ1v) is 27.0. The normalized spacial score (nSPS) is 11.8. The van der Waals surface area contributed by atoms with Gasteiger partial charge in [0.1, 0.15) is 11.1 Å². The highest BCUT2D eigenvalue weighted by molar-refractivity contribution is 6.84. The molecule has 4 rings (SSSR count). The summed E-state index contributed by atoms with van der Waals surface area (Å²) in [5.74, 6) is -2.98. The number of carbonyl (C=O) groups is 4. The van der Waals surface area contributed by atoms with Crippen LogP contribution in [-0.4, -0.2) is 66.9 Å². The molecule has 0 atom stereocenters. The number of hydrogen-bond donors (Lipinski definition) is 0. The van der Waals surface area contributed by atoms with Crippen LogP contribution in [0.3, 0.4) is 0 Å². The molecule has 320 valence electrons. The maximum atomic E-state index is 13.3. The largest absolute Gasteiger partial charge is 0.462 e. The Morgan fingerprint density at radius 2 is 0.705 bits per heavy atom. The smallest absolute Gasteiger partial charge is 0.345 e. The average molecular weight is 859 g/mol. The molecule has 4 aromatic carbocycles. The van der Waals surface area contributed by atoms with Crippen LogP contribution in [0.15, 0.2) is 157 Å². The quantitative estimate of drug-likeness (QED) is 0.0111. The first-order valence-electron chi connectivity index (χ1n) is 20.8. The molecule has 0 unspecified atom stereocenters. The first kappa shape index (κ1) is 47.8. The second kappa shape index (κ2) is 24.4. The Hall–Kier alpha value is -5.89. The molecule has 0 aliphatic rings. The Morgan fingerprint density at radius 3 is 0.984 bits per heavy atom. The van der Waals surface area contributed by atoms with E-state index in [-0.39, 0.29) is 37.6 Å². The van der Waals surface area contributed by atoms with Crippen molar-refractivity contribution < 1.29 is 42.2 Å². The van der Waals surface area contributed by atoms with Gasteiger partial charge in [-0.2, -0.15) is 0 Å². The van der Waals surface area contributed by atoms with Gasteiger partial charge in [0, 0.05) is 0 Å². The highest BCUT2D eigenvalue weighted by atomic mass is 28.4. The van der Waals surface area contributed by atoms with Gasteiger partial charge in [-0.25, -0.2) is 19.2 Å². The van der Waals surface area contributed by atoms with Crippen LogP contribution < -0.4 is 0 Å². The Morgan fingerprint density at radius 1 is 0.426 bits per heavy atom. The van der Waals surface area contributed by atoms with Crippen molar-refractivity contribution >= 4 is 51.7 Å². The van der Waals surface area contributed by atoms with E-state index >= 15 is 0 Å². The molecule has 0 saturated carbocycles. The van der Waals surface area contributed by atoms with Crippen molar-refractivity contribution in [3.05, 3.63) is 179 Å². The monoisotopic (exact) mass is 858 g/mol. The van der Waals surface area contributed by atoms with Crippen LogP contribution in [0.2, 0.25) is 38.3 Å². The van der Waals surface area contributed by atoms with Gasteiger partial charge in [-0.05, 0) is 111 Å². The number of hydrogen-bond acceptors (Lipinski definition) is 9. The number of carbonyl (C=O) groups excluding carboxylic acids is 4. The van der Waals surface area contributed by atoms with Crippen molar-refractivity contribution in [2.75, 3.05) is 26.4 Å². The van der Waals surface area contributed by atoms with Crippen molar-refractivity contribution in [1.82, 2.24) is 0 Å². The zero-order chi connectivity index (χ0) is 44.1. The number of allylic oxidation sites excluding steroid dienone is 4. The fourth-order valence-corrected chi connectivity index (χ4v) is 15.5. The highest BCUT2D eigenvalue weighted by Crippen LogP contribution is 2.27. The van der Waals surface area contributed by atoms with E-state index in [1.165, 1.54) is 12.2 Å². The van der Waals surface area contributed by atoms with Crippen LogP contribution in [-0.2, 0) is 42.2 Å². The SMILES string of the molecule is CCOC(=O)/C(=C/C=C(c1ccccc1)c1ccccc1)C(=O)OCCC[Si](C)(C)O[Si](C)(C)CCCOC(=O)/C(=C/C=C(c1ccccc1)c1ccccc1)C(=O)OCC. The Kier molecular flexibility index (Phi) is 19.1. The standard InChI is InChI=1S/C50H58O9Si2/c1-7-55-47(51)45(33-31-43(39-23-13-9-14-24-39)40-25-15-10-16-26-40)49(53)57-35-21-37-60(3,4)59-61(5,6)38-22-36-58-50(54)46(48(52)56-8-2)34-32-44(41-27-17-11-18-28-41)42-29-19-12-20-30-42/h9-20,23-34H,7-8,21-22,35-38H2,1-6H3/b45-33-,46-34+. The van der Waals surface area contributed by atoms with E-state index < -0.39 is 40.5 Å². The Balaban J connectivity index is 1.32. The third-order valence-electron chi connectivity index (χ3n) is 9.47. The van der Waals surface area contributed by atoms with Crippen molar-refractivity contribution in [2.24, 2.45) is 0 Å².